The topological polar surface area (TPSA) is 84.5 Å². The summed E-state index contributed by atoms with van der Waals surface area (Å²) in [6.07, 6.45) is -0.0992. The van der Waals surface area contributed by atoms with Crippen molar-refractivity contribution in [3.63, 3.8) is 0 Å². The van der Waals surface area contributed by atoms with Crippen molar-refractivity contribution in [3.05, 3.63) is 64.2 Å². The van der Waals surface area contributed by atoms with Gasteiger partial charge in [0.1, 0.15) is 0 Å². The number of nitrogens with one attached hydrogen (secondary N) is 2. The van der Waals surface area contributed by atoms with E-state index < -0.39 is 24.5 Å². The van der Waals surface area contributed by atoms with Crippen LogP contribution in [0.25, 0.3) is 0 Å². The summed E-state index contributed by atoms with van der Waals surface area (Å²) in [7, 11) is 0. The van der Waals surface area contributed by atoms with Crippen molar-refractivity contribution in [1.29, 1.82) is 0 Å². The first-order valence-electron chi connectivity index (χ1n) is 8.80. The Balaban J connectivity index is 1.93. The Bertz CT molecular complexity index is 865. The van der Waals surface area contributed by atoms with Gasteiger partial charge in [-0.2, -0.15) is 0 Å². The fraction of sp³-hybridized carbons (Fsp3) is 0.286. The minimum Gasteiger partial charge on any atom is -0.455 e. The van der Waals surface area contributed by atoms with Crippen LogP contribution in [0.2, 0.25) is 5.02 Å². The number of hydrogen-bond acceptors (Lipinski definition) is 4. The molecule has 2 aromatic rings. The first-order chi connectivity index (χ1) is 13.3. The molecule has 7 heteroatoms. The number of amides is 2. The summed E-state index contributed by atoms with van der Waals surface area (Å²) in [5.74, 6) is -1.30. The number of benzene rings is 2. The van der Waals surface area contributed by atoms with Gasteiger partial charge in [0.05, 0.1) is 12.5 Å². The van der Waals surface area contributed by atoms with Crippen molar-refractivity contribution in [2.75, 3.05) is 11.9 Å². The van der Waals surface area contributed by atoms with E-state index in [9.17, 15) is 14.4 Å². The summed E-state index contributed by atoms with van der Waals surface area (Å²) in [4.78, 5) is 35.7. The minimum atomic E-state index is -0.593. The lowest BCUT2D eigenvalue weighted by Crippen LogP contribution is -2.29. The van der Waals surface area contributed by atoms with E-state index in [0.717, 1.165) is 16.7 Å². The molecule has 2 N–H and O–H groups in total. The van der Waals surface area contributed by atoms with E-state index in [-0.39, 0.29) is 12.3 Å². The second-order valence-corrected chi connectivity index (χ2v) is 6.90. The van der Waals surface area contributed by atoms with E-state index in [0.29, 0.717) is 10.7 Å². The van der Waals surface area contributed by atoms with Crippen molar-refractivity contribution in [1.82, 2.24) is 5.32 Å². The van der Waals surface area contributed by atoms with Crippen LogP contribution < -0.4 is 10.6 Å². The van der Waals surface area contributed by atoms with E-state index in [1.165, 1.54) is 6.92 Å². The first-order valence-corrected chi connectivity index (χ1v) is 9.18. The minimum absolute atomic E-state index is 0.0992. The van der Waals surface area contributed by atoms with Gasteiger partial charge in [0.2, 0.25) is 5.91 Å². The van der Waals surface area contributed by atoms with Crippen LogP contribution >= 0.6 is 11.6 Å². The first kappa shape index (κ1) is 21.4. The number of carbonyl (C=O) groups is 3. The number of halogens is 1. The third kappa shape index (κ3) is 6.39. The summed E-state index contributed by atoms with van der Waals surface area (Å²) in [6, 6.07) is 11.8. The molecule has 2 rings (SSSR count). The number of ether oxygens (including phenoxy) is 1. The molecular weight excluding hydrogens is 380 g/mol. The summed E-state index contributed by atoms with van der Waals surface area (Å²) in [6.45, 7) is 4.82. The molecule has 0 saturated carbocycles. The predicted molar refractivity (Wildman–Crippen MR) is 108 cm³/mol. The molecular formula is C21H23ClN2O4. The Morgan fingerprint density at radius 3 is 2.39 bits per heavy atom. The lowest BCUT2D eigenvalue weighted by molar-refractivity contribution is -0.148. The zero-order chi connectivity index (χ0) is 20.7. The molecule has 0 aliphatic heterocycles. The van der Waals surface area contributed by atoms with Gasteiger partial charge in [-0.3, -0.25) is 14.4 Å². The molecule has 0 aromatic heterocycles. The summed E-state index contributed by atoms with van der Waals surface area (Å²) in [5.41, 5.74) is 3.40. The normalized spacial score (nSPS) is 11.4. The molecule has 0 aliphatic carbocycles. The van der Waals surface area contributed by atoms with Crippen LogP contribution in [-0.2, 0) is 19.1 Å². The van der Waals surface area contributed by atoms with E-state index in [1.54, 1.807) is 30.3 Å². The molecule has 148 valence electrons. The summed E-state index contributed by atoms with van der Waals surface area (Å²) < 4.78 is 5.08. The van der Waals surface area contributed by atoms with Gasteiger partial charge in [-0.15, -0.1) is 0 Å². The van der Waals surface area contributed by atoms with Crippen LogP contribution in [0.15, 0.2) is 42.5 Å². The molecule has 2 amide bonds. The number of hydrogen-bond donors (Lipinski definition) is 2. The second kappa shape index (κ2) is 9.90. The Labute approximate surface area is 169 Å². The largest absolute Gasteiger partial charge is 0.455 e. The van der Waals surface area contributed by atoms with Crippen molar-refractivity contribution < 1.29 is 19.1 Å². The Hall–Kier alpha value is -2.86. The number of anilines is 1. The molecule has 0 aliphatic rings. The fourth-order valence-electron chi connectivity index (χ4n) is 2.64. The van der Waals surface area contributed by atoms with Crippen LogP contribution in [0.3, 0.4) is 0 Å². The lowest BCUT2D eigenvalue weighted by atomic mass is 10.0. The van der Waals surface area contributed by atoms with E-state index >= 15 is 0 Å². The van der Waals surface area contributed by atoms with Gasteiger partial charge in [-0.1, -0.05) is 35.9 Å². The van der Waals surface area contributed by atoms with E-state index in [2.05, 4.69) is 10.6 Å². The van der Waals surface area contributed by atoms with Crippen molar-refractivity contribution >= 4 is 35.1 Å². The van der Waals surface area contributed by atoms with Crippen molar-refractivity contribution in [3.8, 4) is 0 Å². The van der Waals surface area contributed by atoms with Crippen LogP contribution in [0.5, 0.6) is 0 Å². The molecule has 1 atom stereocenters. The average molecular weight is 403 g/mol. The number of esters is 1. The monoisotopic (exact) mass is 402 g/mol. The van der Waals surface area contributed by atoms with E-state index in [4.69, 9.17) is 16.3 Å². The van der Waals surface area contributed by atoms with Gasteiger partial charge < -0.3 is 15.4 Å². The molecule has 0 fully saturated rings. The highest BCUT2D eigenvalue weighted by atomic mass is 35.5. The molecule has 2 aromatic carbocycles. The summed E-state index contributed by atoms with van der Waals surface area (Å²) >= 11 is 5.88. The maximum Gasteiger partial charge on any atom is 0.308 e. The van der Waals surface area contributed by atoms with Crippen LogP contribution in [0, 0.1) is 13.8 Å². The Kier molecular flexibility index (Phi) is 7.58. The zero-order valence-electron chi connectivity index (χ0n) is 16.0. The van der Waals surface area contributed by atoms with Gasteiger partial charge in [0.15, 0.2) is 6.61 Å². The maximum atomic E-state index is 12.2. The van der Waals surface area contributed by atoms with Gasteiger partial charge in [0.25, 0.3) is 5.91 Å². The second-order valence-electron chi connectivity index (χ2n) is 6.47. The van der Waals surface area contributed by atoms with Gasteiger partial charge in [0, 0.05) is 17.6 Å². The lowest BCUT2D eigenvalue weighted by Gasteiger charge is -2.18. The summed E-state index contributed by atoms with van der Waals surface area (Å²) in [5, 5.41) is 5.99. The molecule has 0 heterocycles. The third-order valence-corrected chi connectivity index (χ3v) is 4.52. The van der Waals surface area contributed by atoms with Gasteiger partial charge >= 0.3 is 5.97 Å². The zero-order valence-corrected chi connectivity index (χ0v) is 16.8. The Morgan fingerprint density at radius 2 is 1.75 bits per heavy atom. The highest BCUT2D eigenvalue weighted by Crippen LogP contribution is 2.20. The average Bonchev–Trinajstić information content (AvgIpc) is 2.63. The molecule has 6 nitrogen and oxygen atoms in total. The quantitative estimate of drug-likeness (QED) is 0.691. The number of carbonyl (C=O) groups excluding carboxylic acids is 3. The number of rotatable bonds is 7. The maximum absolute atomic E-state index is 12.2. The van der Waals surface area contributed by atoms with E-state index in [1.807, 2.05) is 26.0 Å². The van der Waals surface area contributed by atoms with Crippen molar-refractivity contribution in [2.24, 2.45) is 0 Å². The molecule has 1 unspecified atom stereocenters. The Morgan fingerprint density at radius 1 is 1.07 bits per heavy atom. The van der Waals surface area contributed by atoms with Gasteiger partial charge in [-0.05, 0) is 48.7 Å². The highest BCUT2D eigenvalue weighted by Gasteiger charge is 2.19. The highest BCUT2D eigenvalue weighted by molar-refractivity contribution is 6.30. The predicted octanol–water partition coefficient (Wildman–Crippen LogP) is 3.71. The molecule has 0 spiro atoms. The molecule has 28 heavy (non-hydrogen) atoms. The standard InChI is InChI=1S/C21H23ClN2O4/c1-13-5-4-6-18(14(13)2)24-20(26)12-28-21(27)11-19(23-15(3)25)16-7-9-17(22)10-8-16/h4-10,19H,11-12H2,1-3H3,(H,23,25)(H,24,26). The molecule has 0 saturated heterocycles. The molecule has 0 bridgehead atoms. The van der Waals surface area contributed by atoms with Gasteiger partial charge in [-0.25, -0.2) is 0 Å². The molecule has 0 radical (unpaired) electrons. The smallest absolute Gasteiger partial charge is 0.308 e. The fourth-order valence-corrected chi connectivity index (χ4v) is 2.76. The van der Waals surface area contributed by atoms with Crippen LogP contribution in [0.1, 0.15) is 36.1 Å². The van der Waals surface area contributed by atoms with Crippen LogP contribution in [0.4, 0.5) is 5.69 Å². The number of aryl methyl sites for hydroxylation is 1. The van der Waals surface area contributed by atoms with Crippen LogP contribution in [-0.4, -0.2) is 24.4 Å². The van der Waals surface area contributed by atoms with Crippen molar-refractivity contribution in [2.45, 2.75) is 33.2 Å². The SMILES string of the molecule is CC(=O)NC(CC(=O)OCC(=O)Nc1cccc(C)c1C)c1ccc(Cl)cc1. The third-order valence-electron chi connectivity index (χ3n) is 4.26.